The molecular formula is C12H17N3O3. The van der Waals surface area contributed by atoms with Crippen LogP contribution >= 0.6 is 0 Å². The van der Waals surface area contributed by atoms with Crippen molar-refractivity contribution >= 4 is 11.9 Å². The summed E-state index contributed by atoms with van der Waals surface area (Å²) in [5, 5.41) is 4.97. The van der Waals surface area contributed by atoms with Gasteiger partial charge in [0.05, 0.1) is 13.7 Å². The highest BCUT2D eigenvalue weighted by molar-refractivity contribution is 5.94. The molecule has 0 unspecified atom stereocenters. The van der Waals surface area contributed by atoms with Gasteiger partial charge in [-0.1, -0.05) is 12.1 Å². The van der Waals surface area contributed by atoms with Crippen LogP contribution in [0.5, 0.6) is 5.75 Å². The largest absolute Gasteiger partial charge is 0.497 e. The average Bonchev–Trinajstić information content (AvgIpc) is 2.35. The lowest BCUT2D eigenvalue weighted by Crippen LogP contribution is -2.41. The highest BCUT2D eigenvalue weighted by Gasteiger charge is 2.08. The number of carbonyl (C=O) groups is 2. The van der Waals surface area contributed by atoms with Crippen LogP contribution in [-0.4, -0.2) is 25.6 Å². The van der Waals surface area contributed by atoms with E-state index in [4.69, 9.17) is 10.5 Å². The number of ether oxygens (including phenoxy) is 1. The lowest BCUT2D eigenvalue weighted by Gasteiger charge is -2.14. The first kappa shape index (κ1) is 14.0. The van der Waals surface area contributed by atoms with Crippen LogP contribution in [0.1, 0.15) is 18.5 Å². The first-order chi connectivity index (χ1) is 8.52. The van der Waals surface area contributed by atoms with Gasteiger partial charge in [0.2, 0.25) is 5.91 Å². The highest BCUT2D eigenvalue weighted by atomic mass is 16.5. The summed E-state index contributed by atoms with van der Waals surface area (Å²) in [5.41, 5.74) is 5.85. The summed E-state index contributed by atoms with van der Waals surface area (Å²) >= 11 is 0. The maximum Gasteiger partial charge on any atom is 0.318 e. The van der Waals surface area contributed by atoms with Crippen LogP contribution in [0.2, 0.25) is 0 Å². The van der Waals surface area contributed by atoms with Crippen LogP contribution in [0.4, 0.5) is 4.79 Å². The summed E-state index contributed by atoms with van der Waals surface area (Å²) in [6, 6.07) is 6.63. The van der Waals surface area contributed by atoms with Crippen molar-refractivity contribution in [3.8, 4) is 5.75 Å². The molecule has 0 fully saturated rings. The Bertz CT molecular complexity index is 417. The minimum atomic E-state index is -0.848. The number of nitrogens with one attached hydrogen (secondary N) is 2. The number of benzene rings is 1. The van der Waals surface area contributed by atoms with Gasteiger partial charge in [0.1, 0.15) is 5.75 Å². The zero-order chi connectivity index (χ0) is 13.5. The second-order valence-electron chi connectivity index (χ2n) is 3.79. The van der Waals surface area contributed by atoms with Gasteiger partial charge in [-0.2, -0.15) is 0 Å². The average molecular weight is 251 g/mol. The number of methoxy groups -OCH3 is 1. The molecule has 0 aliphatic heterocycles. The molecule has 4 N–H and O–H groups in total. The fraction of sp³-hybridized carbons (Fsp3) is 0.333. The minimum absolute atomic E-state index is 0.0190. The molecule has 0 aromatic heterocycles. The Morgan fingerprint density at radius 1 is 1.33 bits per heavy atom. The predicted octanol–water partition coefficient (Wildman–Crippen LogP) is 0.541. The number of amides is 3. The number of primary amides is 1. The molecule has 6 heteroatoms. The third-order valence-corrected chi connectivity index (χ3v) is 2.45. The van der Waals surface area contributed by atoms with Gasteiger partial charge >= 0.3 is 6.03 Å². The van der Waals surface area contributed by atoms with E-state index in [0.29, 0.717) is 0 Å². The molecular weight excluding hydrogens is 234 g/mol. The smallest absolute Gasteiger partial charge is 0.318 e. The van der Waals surface area contributed by atoms with Crippen molar-refractivity contribution in [3.63, 3.8) is 0 Å². The fourth-order valence-electron chi connectivity index (χ4n) is 1.44. The van der Waals surface area contributed by atoms with E-state index in [9.17, 15) is 9.59 Å². The van der Waals surface area contributed by atoms with E-state index in [1.807, 2.05) is 36.5 Å². The van der Waals surface area contributed by atoms with Gasteiger partial charge in [-0.25, -0.2) is 4.79 Å². The van der Waals surface area contributed by atoms with Crippen molar-refractivity contribution in [1.29, 1.82) is 0 Å². The maximum atomic E-state index is 11.2. The number of imide groups is 1. The fourth-order valence-corrected chi connectivity index (χ4v) is 1.44. The maximum absolute atomic E-state index is 11.2. The first-order valence-electron chi connectivity index (χ1n) is 5.49. The Kier molecular flexibility index (Phi) is 5.13. The van der Waals surface area contributed by atoms with E-state index in [0.717, 1.165) is 11.3 Å². The van der Waals surface area contributed by atoms with Crippen LogP contribution in [-0.2, 0) is 4.79 Å². The van der Waals surface area contributed by atoms with E-state index in [2.05, 4.69) is 5.32 Å². The summed E-state index contributed by atoms with van der Waals surface area (Å²) in [4.78, 5) is 21.6. The van der Waals surface area contributed by atoms with Crippen molar-refractivity contribution in [2.24, 2.45) is 5.73 Å². The number of hydrogen-bond donors (Lipinski definition) is 3. The summed E-state index contributed by atoms with van der Waals surface area (Å²) in [7, 11) is 1.60. The van der Waals surface area contributed by atoms with E-state index < -0.39 is 11.9 Å². The first-order valence-corrected chi connectivity index (χ1v) is 5.49. The molecule has 0 radical (unpaired) electrons. The Labute approximate surface area is 105 Å². The third-order valence-electron chi connectivity index (χ3n) is 2.45. The number of urea groups is 1. The predicted molar refractivity (Wildman–Crippen MR) is 67.1 cm³/mol. The molecule has 98 valence electrons. The molecule has 18 heavy (non-hydrogen) atoms. The van der Waals surface area contributed by atoms with Gasteiger partial charge in [0.15, 0.2) is 0 Å². The Morgan fingerprint density at radius 3 is 2.44 bits per heavy atom. The summed E-state index contributed by atoms with van der Waals surface area (Å²) < 4.78 is 5.05. The zero-order valence-corrected chi connectivity index (χ0v) is 10.4. The van der Waals surface area contributed by atoms with Crippen molar-refractivity contribution in [2.45, 2.75) is 13.0 Å². The van der Waals surface area contributed by atoms with Crippen LogP contribution in [0.25, 0.3) is 0 Å². The van der Waals surface area contributed by atoms with Gasteiger partial charge in [-0.3, -0.25) is 10.1 Å². The summed E-state index contributed by atoms with van der Waals surface area (Å²) in [6.07, 6.45) is 0. The highest BCUT2D eigenvalue weighted by Crippen LogP contribution is 2.16. The number of rotatable bonds is 5. The van der Waals surface area contributed by atoms with Crippen LogP contribution < -0.4 is 21.1 Å². The Hall–Kier alpha value is -2.08. The van der Waals surface area contributed by atoms with Crippen LogP contribution in [0, 0.1) is 0 Å². The van der Waals surface area contributed by atoms with E-state index in [1.165, 1.54) is 0 Å². The Balaban J connectivity index is 2.46. The molecule has 1 aromatic rings. The second-order valence-corrected chi connectivity index (χ2v) is 3.79. The molecule has 0 saturated carbocycles. The molecule has 0 bridgehead atoms. The Morgan fingerprint density at radius 2 is 1.94 bits per heavy atom. The molecule has 1 atom stereocenters. The van der Waals surface area contributed by atoms with Gasteiger partial charge in [-0.15, -0.1) is 0 Å². The van der Waals surface area contributed by atoms with Crippen molar-refractivity contribution in [2.75, 3.05) is 13.7 Å². The number of nitrogens with two attached hydrogens (primary N) is 1. The molecule has 6 nitrogen and oxygen atoms in total. The van der Waals surface area contributed by atoms with Crippen molar-refractivity contribution in [3.05, 3.63) is 29.8 Å². The minimum Gasteiger partial charge on any atom is -0.497 e. The lowest BCUT2D eigenvalue weighted by atomic mass is 10.1. The lowest BCUT2D eigenvalue weighted by molar-refractivity contribution is -0.119. The standard InChI is InChI=1S/C12H17N3O3/c1-8(14-7-11(16)15-12(13)17)9-3-5-10(18-2)6-4-9/h3-6,8,14H,7H2,1-2H3,(H3,13,15,16,17)/t8-/m1/s1. The third kappa shape index (κ3) is 4.42. The molecule has 1 aromatic carbocycles. The molecule has 0 aliphatic carbocycles. The zero-order valence-electron chi connectivity index (χ0n) is 10.4. The second kappa shape index (κ2) is 6.61. The molecule has 0 saturated heterocycles. The quantitative estimate of drug-likeness (QED) is 0.712. The van der Waals surface area contributed by atoms with Crippen molar-refractivity contribution < 1.29 is 14.3 Å². The van der Waals surface area contributed by atoms with Crippen molar-refractivity contribution in [1.82, 2.24) is 10.6 Å². The van der Waals surface area contributed by atoms with Gasteiger partial charge in [0.25, 0.3) is 0 Å². The molecule has 0 heterocycles. The SMILES string of the molecule is COc1ccc([C@@H](C)NCC(=O)NC(N)=O)cc1. The van der Waals surface area contributed by atoms with Gasteiger partial charge in [0, 0.05) is 6.04 Å². The topological polar surface area (TPSA) is 93.4 Å². The van der Waals surface area contributed by atoms with E-state index in [-0.39, 0.29) is 12.6 Å². The van der Waals surface area contributed by atoms with Crippen LogP contribution in [0.15, 0.2) is 24.3 Å². The summed E-state index contributed by atoms with van der Waals surface area (Å²) in [6.45, 7) is 1.94. The number of carbonyl (C=O) groups excluding carboxylic acids is 2. The molecule has 1 rings (SSSR count). The monoisotopic (exact) mass is 251 g/mol. The molecule has 0 spiro atoms. The van der Waals surface area contributed by atoms with Gasteiger partial charge in [-0.05, 0) is 24.6 Å². The molecule has 3 amide bonds. The molecule has 0 aliphatic rings. The van der Waals surface area contributed by atoms with Crippen LogP contribution in [0.3, 0.4) is 0 Å². The normalized spacial score (nSPS) is 11.7. The summed E-state index contributed by atoms with van der Waals surface area (Å²) in [5.74, 6) is 0.320. The van der Waals surface area contributed by atoms with Gasteiger partial charge < -0.3 is 15.8 Å². The van der Waals surface area contributed by atoms with E-state index >= 15 is 0 Å². The number of hydrogen-bond acceptors (Lipinski definition) is 4. The van der Waals surface area contributed by atoms with E-state index in [1.54, 1.807) is 7.11 Å².